The molecule has 2 amide bonds. The lowest BCUT2D eigenvalue weighted by Crippen LogP contribution is -2.51. The van der Waals surface area contributed by atoms with Gasteiger partial charge in [-0.3, -0.25) is 19.2 Å². The Morgan fingerprint density at radius 1 is 0.861 bits per heavy atom. The Morgan fingerprint density at radius 3 is 2.08 bits per heavy atom. The van der Waals surface area contributed by atoms with Crippen LogP contribution in [0.5, 0.6) is 5.75 Å². The molecule has 0 radical (unpaired) electrons. The minimum absolute atomic E-state index is 0.181. The molecule has 1 spiro atoms. The van der Waals surface area contributed by atoms with Crippen LogP contribution >= 0.6 is 11.6 Å². The zero-order valence-corrected chi connectivity index (χ0v) is 19.9. The van der Waals surface area contributed by atoms with Crippen LogP contribution < -0.4 is 9.64 Å². The Morgan fingerprint density at radius 2 is 1.47 bits per heavy atom. The molecule has 3 aromatic rings. The summed E-state index contributed by atoms with van der Waals surface area (Å²) in [5, 5.41) is 0.313. The van der Waals surface area contributed by atoms with Gasteiger partial charge in [-0.05, 0) is 37.3 Å². The number of amides is 2. The fraction of sp³-hybridized carbons (Fsp3) is 0.214. The SMILES string of the molecule is CCOc1ccc(N2C(=O)C3C(c4ccccc4Cl)OC4(C(=O)c5ccccc5C4=O)C3C2=O)cc1. The minimum atomic E-state index is -2.13. The maximum absolute atomic E-state index is 13.9. The van der Waals surface area contributed by atoms with Crippen molar-refractivity contribution in [2.45, 2.75) is 18.6 Å². The summed E-state index contributed by atoms with van der Waals surface area (Å²) >= 11 is 6.46. The number of ether oxygens (including phenoxy) is 2. The first-order chi connectivity index (χ1) is 17.4. The van der Waals surface area contributed by atoms with Gasteiger partial charge in [0.1, 0.15) is 5.75 Å². The number of hydrogen-bond acceptors (Lipinski definition) is 6. The lowest BCUT2D eigenvalue weighted by molar-refractivity contribution is -0.127. The predicted molar refractivity (Wildman–Crippen MR) is 130 cm³/mol. The fourth-order valence-electron chi connectivity index (χ4n) is 5.62. The van der Waals surface area contributed by atoms with E-state index in [9.17, 15) is 19.2 Å². The number of anilines is 1. The van der Waals surface area contributed by atoms with Gasteiger partial charge in [0.05, 0.1) is 30.2 Å². The first-order valence-electron chi connectivity index (χ1n) is 11.6. The number of nitrogens with zero attached hydrogens (tertiary/aromatic N) is 1. The van der Waals surface area contributed by atoms with Gasteiger partial charge in [-0.15, -0.1) is 0 Å². The molecule has 2 saturated heterocycles. The number of fused-ring (bicyclic) bond motifs is 3. The van der Waals surface area contributed by atoms with E-state index in [2.05, 4.69) is 0 Å². The number of imide groups is 1. The zero-order valence-electron chi connectivity index (χ0n) is 19.1. The lowest BCUT2D eigenvalue weighted by Gasteiger charge is -2.27. The minimum Gasteiger partial charge on any atom is -0.494 e. The maximum Gasteiger partial charge on any atom is 0.241 e. The molecule has 0 N–H and O–H groups in total. The molecule has 0 aromatic heterocycles. The lowest BCUT2D eigenvalue weighted by atomic mass is 9.77. The molecule has 0 saturated carbocycles. The number of carbonyl (C=O) groups excluding carboxylic acids is 4. The van der Waals surface area contributed by atoms with Crippen molar-refractivity contribution in [1.29, 1.82) is 0 Å². The maximum atomic E-state index is 13.9. The summed E-state index contributed by atoms with van der Waals surface area (Å²) < 4.78 is 11.7. The number of rotatable bonds is 4. The van der Waals surface area contributed by atoms with Gasteiger partial charge in [-0.25, -0.2) is 4.90 Å². The van der Waals surface area contributed by atoms with Crippen LogP contribution in [-0.4, -0.2) is 35.6 Å². The van der Waals surface area contributed by atoms with Crippen LogP contribution in [0, 0.1) is 11.8 Å². The highest BCUT2D eigenvalue weighted by Crippen LogP contribution is 2.58. The van der Waals surface area contributed by atoms with Crippen molar-refractivity contribution in [2.24, 2.45) is 11.8 Å². The molecule has 3 aliphatic rings. The number of halogens is 1. The summed E-state index contributed by atoms with van der Waals surface area (Å²) in [5.41, 5.74) is -1.00. The van der Waals surface area contributed by atoms with Crippen molar-refractivity contribution in [3.8, 4) is 5.75 Å². The van der Waals surface area contributed by atoms with Gasteiger partial charge in [0.25, 0.3) is 0 Å². The summed E-state index contributed by atoms with van der Waals surface area (Å²) in [4.78, 5) is 56.4. The van der Waals surface area contributed by atoms with E-state index in [1.807, 2.05) is 6.92 Å². The van der Waals surface area contributed by atoms with Gasteiger partial charge in [-0.2, -0.15) is 0 Å². The Bertz CT molecular complexity index is 1410. The summed E-state index contributed by atoms with van der Waals surface area (Å²) in [6, 6.07) is 19.7. The predicted octanol–water partition coefficient (Wildman–Crippen LogP) is 4.43. The molecule has 2 fully saturated rings. The second kappa shape index (κ2) is 8.11. The summed E-state index contributed by atoms with van der Waals surface area (Å²) in [5.74, 6) is -4.27. The highest BCUT2D eigenvalue weighted by Gasteiger charge is 2.74. The molecule has 7 nitrogen and oxygen atoms in total. The number of benzene rings is 3. The van der Waals surface area contributed by atoms with Crippen LogP contribution in [-0.2, 0) is 14.3 Å². The highest BCUT2D eigenvalue weighted by atomic mass is 35.5. The third-order valence-corrected chi connectivity index (χ3v) is 7.48. The molecule has 36 heavy (non-hydrogen) atoms. The van der Waals surface area contributed by atoms with Crippen LogP contribution in [0.25, 0.3) is 0 Å². The molecule has 6 rings (SSSR count). The highest BCUT2D eigenvalue weighted by molar-refractivity contribution is 6.37. The smallest absolute Gasteiger partial charge is 0.241 e. The first-order valence-corrected chi connectivity index (χ1v) is 12.0. The largest absolute Gasteiger partial charge is 0.494 e. The molecule has 0 bridgehead atoms. The Balaban J connectivity index is 1.51. The van der Waals surface area contributed by atoms with E-state index >= 15 is 0 Å². The monoisotopic (exact) mass is 501 g/mol. The van der Waals surface area contributed by atoms with Crippen molar-refractivity contribution in [3.05, 3.63) is 94.5 Å². The van der Waals surface area contributed by atoms with Crippen LogP contribution in [0.3, 0.4) is 0 Å². The zero-order chi connectivity index (χ0) is 25.2. The van der Waals surface area contributed by atoms with Crippen molar-refractivity contribution < 1.29 is 28.7 Å². The third-order valence-electron chi connectivity index (χ3n) is 7.14. The molecular weight excluding hydrogens is 482 g/mol. The van der Waals surface area contributed by atoms with Gasteiger partial charge < -0.3 is 9.47 Å². The normalized spacial score (nSPS) is 23.9. The third kappa shape index (κ3) is 2.90. The Labute approximate surface area is 211 Å². The second-order valence-corrected chi connectivity index (χ2v) is 9.35. The fourth-order valence-corrected chi connectivity index (χ4v) is 5.86. The van der Waals surface area contributed by atoms with Gasteiger partial charge in [0.15, 0.2) is 0 Å². The second-order valence-electron chi connectivity index (χ2n) is 8.94. The van der Waals surface area contributed by atoms with Crippen molar-refractivity contribution in [2.75, 3.05) is 11.5 Å². The van der Waals surface area contributed by atoms with E-state index < -0.39 is 46.9 Å². The molecule has 3 aromatic carbocycles. The van der Waals surface area contributed by atoms with E-state index in [1.165, 1.54) is 12.1 Å². The van der Waals surface area contributed by atoms with E-state index in [-0.39, 0.29) is 11.1 Å². The number of carbonyl (C=O) groups is 4. The molecule has 180 valence electrons. The van der Waals surface area contributed by atoms with E-state index in [0.29, 0.717) is 28.6 Å². The van der Waals surface area contributed by atoms with E-state index in [0.717, 1.165) is 4.90 Å². The number of Topliss-reactive ketones (excluding diaryl/α,β-unsaturated/α-hetero) is 2. The van der Waals surface area contributed by atoms with E-state index in [4.69, 9.17) is 21.1 Å². The average Bonchev–Trinajstić information content (AvgIpc) is 3.45. The van der Waals surface area contributed by atoms with Crippen molar-refractivity contribution in [1.82, 2.24) is 0 Å². The molecule has 3 atom stereocenters. The number of ketones is 2. The Kier molecular flexibility index (Phi) is 5.10. The molecule has 8 heteroatoms. The quantitative estimate of drug-likeness (QED) is 0.388. The van der Waals surface area contributed by atoms with Gasteiger partial charge in [0.2, 0.25) is 29.0 Å². The molecule has 3 unspecified atom stereocenters. The topological polar surface area (TPSA) is 90.0 Å². The first kappa shape index (κ1) is 22.6. The summed E-state index contributed by atoms with van der Waals surface area (Å²) in [7, 11) is 0. The average molecular weight is 502 g/mol. The van der Waals surface area contributed by atoms with E-state index in [1.54, 1.807) is 60.7 Å². The molecular formula is C28H20ClNO6. The molecule has 2 heterocycles. The van der Waals surface area contributed by atoms with Gasteiger partial charge in [0, 0.05) is 21.7 Å². The van der Waals surface area contributed by atoms with Crippen LogP contribution in [0.4, 0.5) is 5.69 Å². The van der Waals surface area contributed by atoms with Crippen molar-refractivity contribution in [3.63, 3.8) is 0 Å². The molecule has 2 aliphatic heterocycles. The van der Waals surface area contributed by atoms with Crippen molar-refractivity contribution >= 4 is 40.7 Å². The molecule has 1 aliphatic carbocycles. The standard InChI is InChI=1S/C28H20ClNO6/c1-2-35-16-13-11-15(12-14-16)30-26(33)21-22(27(30)34)28(36-23(21)19-9-5-6-10-20(19)29)24(31)17-7-3-4-8-18(17)25(28)32/h3-14,21-23H,2H2,1H3. The number of hydrogen-bond donors (Lipinski definition) is 0. The van der Waals surface area contributed by atoms with Gasteiger partial charge >= 0.3 is 0 Å². The summed E-state index contributed by atoms with van der Waals surface area (Å²) in [6.45, 7) is 2.32. The van der Waals surface area contributed by atoms with Crippen LogP contribution in [0.2, 0.25) is 5.02 Å². The van der Waals surface area contributed by atoms with Crippen LogP contribution in [0.1, 0.15) is 39.3 Å². The van der Waals surface area contributed by atoms with Gasteiger partial charge in [-0.1, -0.05) is 54.1 Å². The van der Waals surface area contributed by atoms with Crippen LogP contribution in [0.15, 0.2) is 72.8 Å². The summed E-state index contributed by atoms with van der Waals surface area (Å²) in [6.07, 6.45) is -1.06. The Hall–Kier alpha value is -3.81.